The van der Waals surface area contributed by atoms with Gasteiger partial charge in [0.05, 0.1) is 33.8 Å². The standard InChI is InChI=1S/C25H27N2O.C24H25N2O.C24H25N2.C23H23N2.5CH4.4HI/c1-3-21(28)15-17-27-18-20(23-9-5-7-11-25(23)27)13-12-19-14-16-26(2)24-10-6-4-8-22(19)24;1-3-20(27)17-26-16-19(22-9-5-7-11-24(22)26)13-12-18-14-15-25(2)23-10-6-4-8-21(18)23;1-3-4-16-26-18-20(22-10-6-8-12-24(22)26)14-13-19-15-17-25(2)23-11-7-5-9-21(19)23;1-3-15-25-17-19(21-9-5-7-11-23(21)25)13-12-18-14-16-24(2)22-10-6-4-8-20(18)22;;;;;;;;;/h4-14,16,18,21,28H,3,15,17H2,1-2H3;4-16,20,27H,3,17H2,1-2H3;5-15,17-18H,3-4,16H2,1-2H3;4-14,16-17H,3,15H2,1-2H3;5*1H4;4*1H/q4*+1;;;;;;;;;/p-4. The number of fused-ring (bicyclic) bond motifs is 8. The zero-order chi connectivity index (χ0) is 73.5. The second kappa shape index (κ2) is 47.5. The van der Waals surface area contributed by atoms with Crippen molar-refractivity contribution in [2.75, 3.05) is 0 Å². The Morgan fingerprint density at radius 1 is 0.278 bits per heavy atom. The number of halogens is 4. The van der Waals surface area contributed by atoms with Crippen LogP contribution in [0.15, 0.2) is 268 Å². The molecule has 0 aliphatic rings. The third kappa shape index (κ3) is 23.4. The Balaban J connectivity index is 0.000000315. The number of pyridine rings is 4. The molecule has 0 amide bonds. The summed E-state index contributed by atoms with van der Waals surface area (Å²) in [6.07, 6.45) is 40.5. The molecule has 115 heavy (non-hydrogen) atoms. The molecular weight excluding hydrogens is 1860 g/mol. The van der Waals surface area contributed by atoms with E-state index in [2.05, 4.69) is 395 Å². The number of aryl methyl sites for hydroxylation is 7. The minimum Gasteiger partial charge on any atom is -1.00 e. The predicted octanol–water partition coefficient (Wildman–Crippen LogP) is 11.5. The van der Waals surface area contributed by atoms with Crippen LogP contribution in [0.4, 0.5) is 0 Å². The lowest BCUT2D eigenvalue weighted by atomic mass is 10.1. The SMILES string of the molecule is C.C.C.C.C.CCC(O)CCn1cc(/C=C/c2cc[n+](C)c3ccccc23)c2ccccc21.CCC(O)Cn1cc(/C=C/c2cc[n+](C)c3ccccc23)c2ccccc21.CCCCn1cc(/C=C/c2cc[n+](C)c3ccccc23)c2ccccc21.CCCn1cc(/C=C/c2cc[n+](C)c3ccccc23)c2ccccc21.[I-].[I-].[I-].[I-]. The van der Waals surface area contributed by atoms with E-state index in [1.54, 1.807) is 0 Å². The van der Waals surface area contributed by atoms with Crippen molar-refractivity contribution < 1.29 is 124 Å². The Morgan fingerprint density at radius 3 is 0.809 bits per heavy atom. The molecule has 0 bridgehead atoms. The van der Waals surface area contributed by atoms with Crippen LogP contribution in [0.25, 0.3) is 136 Å². The minimum atomic E-state index is -0.323. The highest BCUT2D eigenvalue weighted by Crippen LogP contribution is 2.31. The van der Waals surface area contributed by atoms with Crippen LogP contribution in [0.3, 0.4) is 0 Å². The van der Waals surface area contributed by atoms with Gasteiger partial charge in [0.15, 0.2) is 24.8 Å². The summed E-state index contributed by atoms with van der Waals surface area (Å²) in [6.45, 7) is 12.1. The quantitative estimate of drug-likeness (QED) is 0.0589. The molecule has 2 N–H and O–H groups in total. The third-order valence-electron chi connectivity index (χ3n) is 20.6. The van der Waals surface area contributed by atoms with Crippen molar-refractivity contribution in [1.29, 1.82) is 0 Å². The number of para-hydroxylation sites is 8. The number of benzene rings is 8. The first-order chi connectivity index (χ1) is 51.9. The Hall–Kier alpha value is -8.64. The van der Waals surface area contributed by atoms with E-state index in [1.807, 2.05) is 13.8 Å². The van der Waals surface area contributed by atoms with Crippen molar-refractivity contribution in [2.24, 2.45) is 28.2 Å². The highest BCUT2D eigenvalue weighted by molar-refractivity contribution is 5.99. The summed E-state index contributed by atoms with van der Waals surface area (Å²) in [7, 11) is 8.34. The van der Waals surface area contributed by atoms with Crippen molar-refractivity contribution in [3.8, 4) is 0 Å². The van der Waals surface area contributed by atoms with Gasteiger partial charge in [0.25, 0.3) is 0 Å². The average Bonchev–Trinajstić information content (AvgIpc) is 1.75. The number of aromatic nitrogens is 8. The Kier molecular flexibility index (Phi) is 40.8. The van der Waals surface area contributed by atoms with E-state index < -0.39 is 0 Å². The minimum absolute atomic E-state index is 0. The molecule has 10 nitrogen and oxygen atoms in total. The number of aliphatic hydroxyl groups excluding tert-OH is 2. The summed E-state index contributed by atoms with van der Waals surface area (Å²) < 4.78 is 17.8. The summed E-state index contributed by atoms with van der Waals surface area (Å²) in [6, 6.07) is 77.0. The van der Waals surface area contributed by atoms with E-state index in [4.69, 9.17) is 0 Å². The average molecular weight is 1990 g/mol. The molecule has 8 aromatic heterocycles. The monoisotopic (exact) mass is 1980 g/mol. The lowest BCUT2D eigenvalue weighted by Crippen LogP contribution is -3.00. The maximum absolute atomic E-state index is 10.1. The van der Waals surface area contributed by atoms with Crippen LogP contribution >= 0.6 is 0 Å². The topological polar surface area (TPSA) is 75.7 Å². The molecular formula is C101H120I4N8O2. The lowest BCUT2D eigenvalue weighted by molar-refractivity contribution is -0.645. The number of unbranched alkanes of at least 4 members (excludes halogenated alkanes) is 1. The van der Waals surface area contributed by atoms with Gasteiger partial charge in [-0.15, -0.1) is 0 Å². The number of nitrogens with zero attached hydrogens (tertiary/aromatic N) is 8. The molecule has 0 fully saturated rings. The van der Waals surface area contributed by atoms with Crippen LogP contribution < -0.4 is 114 Å². The van der Waals surface area contributed by atoms with E-state index >= 15 is 0 Å². The van der Waals surface area contributed by atoms with Crippen LogP contribution in [-0.2, 0) is 54.4 Å². The van der Waals surface area contributed by atoms with Crippen LogP contribution in [0.1, 0.15) is 148 Å². The molecule has 14 heteroatoms. The Labute approximate surface area is 753 Å². The zero-order valence-corrected chi connectivity index (χ0v) is 72.9. The maximum atomic E-state index is 10.1. The van der Waals surface area contributed by atoms with Gasteiger partial charge in [-0.2, -0.15) is 0 Å². The Bertz CT molecular complexity index is 5880. The van der Waals surface area contributed by atoms with E-state index in [0.29, 0.717) is 6.54 Å². The van der Waals surface area contributed by atoms with Gasteiger partial charge in [0.1, 0.15) is 28.2 Å². The van der Waals surface area contributed by atoms with Crippen molar-refractivity contribution in [3.63, 3.8) is 0 Å². The third-order valence-corrected chi connectivity index (χ3v) is 20.6. The second-order valence-electron chi connectivity index (χ2n) is 27.8. The lowest BCUT2D eigenvalue weighted by Gasteiger charge is -2.09. The molecule has 0 saturated carbocycles. The molecule has 0 saturated heterocycles. The zero-order valence-electron chi connectivity index (χ0n) is 64.2. The normalized spacial score (nSPS) is 11.4. The summed E-state index contributed by atoms with van der Waals surface area (Å²) in [5.74, 6) is 0. The molecule has 2 unspecified atom stereocenters. The summed E-state index contributed by atoms with van der Waals surface area (Å²) >= 11 is 0. The van der Waals surface area contributed by atoms with Gasteiger partial charge in [-0.05, 0) is 125 Å². The van der Waals surface area contributed by atoms with Gasteiger partial charge in [0, 0.05) is 143 Å². The van der Waals surface area contributed by atoms with E-state index in [1.165, 1.54) is 139 Å². The number of aliphatic hydroxyl groups is 2. The molecule has 8 heterocycles. The van der Waals surface area contributed by atoms with Crippen LogP contribution in [0.2, 0.25) is 0 Å². The van der Waals surface area contributed by atoms with Crippen LogP contribution in [0.5, 0.6) is 0 Å². The smallest absolute Gasteiger partial charge is 0.212 e. The van der Waals surface area contributed by atoms with Gasteiger partial charge in [-0.25, -0.2) is 18.3 Å². The van der Waals surface area contributed by atoms with Crippen LogP contribution in [-0.4, -0.2) is 40.7 Å². The first-order valence-corrected chi connectivity index (χ1v) is 37.8. The van der Waals surface area contributed by atoms with E-state index in [9.17, 15) is 10.2 Å². The molecule has 0 radical (unpaired) electrons. The van der Waals surface area contributed by atoms with Crippen molar-refractivity contribution in [2.45, 2.75) is 142 Å². The highest BCUT2D eigenvalue weighted by atomic mass is 127. The van der Waals surface area contributed by atoms with Crippen molar-refractivity contribution >= 4 is 136 Å². The highest BCUT2D eigenvalue weighted by Gasteiger charge is 2.16. The number of hydrogen-bond acceptors (Lipinski definition) is 2. The summed E-state index contributed by atoms with van der Waals surface area (Å²) in [5.41, 5.74) is 19.8. The molecule has 8 aromatic carbocycles. The van der Waals surface area contributed by atoms with Gasteiger partial charge in [-0.1, -0.05) is 241 Å². The largest absolute Gasteiger partial charge is 1.00 e. The molecule has 16 aromatic rings. The van der Waals surface area contributed by atoms with Gasteiger partial charge in [-0.3, -0.25) is 0 Å². The maximum Gasteiger partial charge on any atom is 0.212 e. The summed E-state index contributed by atoms with van der Waals surface area (Å²) in [4.78, 5) is 0. The van der Waals surface area contributed by atoms with Crippen molar-refractivity contribution in [1.82, 2.24) is 18.3 Å². The second-order valence-corrected chi connectivity index (χ2v) is 27.8. The fourth-order valence-corrected chi connectivity index (χ4v) is 14.6. The first kappa shape index (κ1) is 98.7. The molecule has 0 aliphatic heterocycles. The molecule has 16 rings (SSSR count). The van der Waals surface area contributed by atoms with Gasteiger partial charge >= 0.3 is 0 Å². The van der Waals surface area contributed by atoms with E-state index in [-0.39, 0.29) is 145 Å². The van der Waals surface area contributed by atoms with Crippen molar-refractivity contribution in [3.05, 3.63) is 312 Å². The van der Waals surface area contributed by atoms with Gasteiger partial charge in [0.2, 0.25) is 22.1 Å². The molecule has 604 valence electrons. The fourth-order valence-electron chi connectivity index (χ4n) is 14.6. The fraction of sp³-hybridized carbons (Fsp3) is 0.248. The number of hydrogen-bond donors (Lipinski definition) is 2. The molecule has 0 spiro atoms. The summed E-state index contributed by atoms with van der Waals surface area (Å²) in [5, 5.41) is 30.2. The van der Waals surface area contributed by atoms with Gasteiger partial charge < -0.3 is 124 Å². The molecule has 2 atom stereocenters. The predicted molar refractivity (Wildman–Crippen MR) is 480 cm³/mol. The van der Waals surface area contributed by atoms with E-state index in [0.717, 1.165) is 50.8 Å². The van der Waals surface area contributed by atoms with Crippen LogP contribution in [0, 0.1) is 0 Å². The first-order valence-electron chi connectivity index (χ1n) is 37.8. The molecule has 0 aliphatic carbocycles. The number of rotatable bonds is 20. The Morgan fingerprint density at radius 2 is 0.522 bits per heavy atom.